The molecule has 84 valence electrons. The number of amides is 1. The lowest BCUT2D eigenvalue weighted by Gasteiger charge is -2.28. The number of rotatable bonds is 2. The highest BCUT2D eigenvalue weighted by molar-refractivity contribution is 5.75. The van der Waals surface area contributed by atoms with Crippen molar-refractivity contribution in [3.05, 3.63) is 12.2 Å². The first-order chi connectivity index (χ1) is 7.04. The number of carboxylic acid groups (broad SMARTS) is 1. The minimum Gasteiger partial charge on any atom is -0.469 e. The lowest BCUT2D eigenvalue weighted by Crippen LogP contribution is -2.44. The fourth-order valence-corrected chi connectivity index (χ4v) is 1.75. The zero-order valence-electron chi connectivity index (χ0n) is 8.77. The van der Waals surface area contributed by atoms with Gasteiger partial charge in [-0.15, -0.1) is 0 Å². The molecule has 0 heterocycles. The Kier molecular flexibility index (Phi) is 3.71. The predicted molar refractivity (Wildman–Crippen MR) is 53.4 cm³/mol. The summed E-state index contributed by atoms with van der Waals surface area (Å²) in [6.07, 6.45) is 3.09. The van der Waals surface area contributed by atoms with Gasteiger partial charge in [0.25, 0.3) is 0 Å². The molecule has 0 bridgehead atoms. The lowest BCUT2D eigenvalue weighted by atomic mass is 9.84. The van der Waals surface area contributed by atoms with Crippen molar-refractivity contribution in [1.82, 2.24) is 5.32 Å². The zero-order chi connectivity index (χ0) is 11.4. The molecule has 2 N–H and O–H groups in total. The number of ether oxygens (including phenoxy) is 1. The van der Waals surface area contributed by atoms with Gasteiger partial charge in [-0.2, -0.15) is 0 Å². The Bertz CT molecular complexity index is 287. The predicted octanol–water partition coefficient (Wildman–Crippen LogP) is 1.01. The Labute approximate surface area is 88.1 Å². The van der Waals surface area contributed by atoms with Crippen LogP contribution in [0.25, 0.3) is 0 Å². The van der Waals surface area contributed by atoms with Crippen LogP contribution in [0.3, 0.4) is 0 Å². The minimum atomic E-state index is -1.13. The molecule has 1 rings (SSSR count). The first kappa shape index (κ1) is 11.6. The molecule has 1 aliphatic carbocycles. The summed E-state index contributed by atoms with van der Waals surface area (Å²) >= 11 is 0. The number of hydrogen-bond donors (Lipinski definition) is 2. The highest BCUT2D eigenvalue weighted by atomic mass is 16.5. The summed E-state index contributed by atoms with van der Waals surface area (Å²) in [5.41, 5.74) is 0. The molecule has 1 amide bonds. The van der Waals surface area contributed by atoms with Crippen LogP contribution in [0, 0.1) is 11.8 Å². The topological polar surface area (TPSA) is 75.6 Å². The van der Waals surface area contributed by atoms with Crippen LogP contribution in [0.1, 0.15) is 13.3 Å². The largest absolute Gasteiger partial charge is 0.469 e. The third-order valence-corrected chi connectivity index (χ3v) is 2.50. The molecule has 0 saturated carbocycles. The van der Waals surface area contributed by atoms with Gasteiger partial charge in [-0.05, 0) is 12.3 Å². The van der Waals surface area contributed by atoms with Crippen molar-refractivity contribution in [2.24, 2.45) is 11.8 Å². The van der Waals surface area contributed by atoms with Crippen LogP contribution in [0.2, 0.25) is 0 Å². The van der Waals surface area contributed by atoms with Crippen LogP contribution in [0.4, 0.5) is 4.79 Å². The fourth-order valence-electron chi connectivity index (χ4n) is 1.75. The summed E-state index contributed by atoms with van der Waals surface area (Å²) in [4.78, 5) is 21.9. The molecule has 3 atom stereocenters. The standard InChI is InChI=1S/C10H15NO4/c1-6-3-4-8(11-10(13)14)7(5-6)9(12)15-2/h3-4,6-8,11H,5H2,1-2H3,(H,13,14). The number of carbonyl (C=O) groups excluding carboxylic acids is 1. The zero-order valence-corrected chi connectivity index (χ0v) is 8.77. The van der Waals surface area contributed by atoms with Gasteiger partial charge in [0, 0.05) is 0 Å². The van der Waals surface area contributed by atoms with E-state index in [0.29, 0.717) is 6.42 Å². The van der Waals surface area contributed by atoms with Crippen molar-refractivity contribution < 1.29 is 19.4 Å². The van der Waals surface area contributed by atoms with Crippen molar-refractivity contribution >= 4 is 12.1 Å². The number of carbonyl (C=O) groups is 2. The van der Waals surface area contributed by atoms with Gasteiger partial charge in [-0.3, -0.25) is 4.79 Å². The van der Waals surface area contributed by atoms with E-state index in [1.165, 1.54) is 7.11 Å². The van der Waals surface area contributed by atoms with Gasteiger partial charge < -0.3 is 15.2 Å². The smallest absolute Gasteiger partial charge is 0.405 e. The Morgan fingerprint density at radius 3 is 2.67 bits per heavy atom. The lowest BCUT2D eigenvalue weighted by molar-refractivity contribution is -0.146. The molecule has 0 saturated heterocycles. The third-order valence-electron chi connectivity index (χ3n) is 2.50. The monoisotopic (exact) mass is 213 g/mol. The summed E-state index contributed by atoms with van der Waals surface area (Å²) in [7, 11) is 1.31. The number of hydrogen-bond acceptors (Lipinski definition) is 3. The third kappa shape index (κ3) is 2.97. The van der Waals surface area contributed by atoms with Crippen LogP contribution in [0.15, 0.2) is 12.2 Å². The van der Waals surface area contributed by atoms with E-state index in [9.17, 15) is 9.59 Å². The van der Waals surface area contributed by atoms with E-state index in [0.717, 1.165) is 0 Å². The van der Waals surface area contributed by atoms with Gasteiger partial charge in [0.15, 0.2) is 0 Å². The van der Waals surface area contributed by atoms with Crippen LogP contribution < -0.4 is 5.32 Å². The summed E-state index contributed by atoms with van der Waals surface area (Å²) in [6.45, 7) is 1.98. The number of allylic oxidation sites excluding steroid dienone is 1. The van der Waals surface area contributed by atoms with E-state index in [-0.39, 0.29) is 11.9 Å². The van der Waals surface area contributed by atoms with E-state index >= 15 is 0 Å². The van der Waals surface area contributed by atoms with Crippen molar-refractivity contribution in [2.75, 3.05) is 7.11 Å². The van der Waals surface area contributed by atoms with Crippen molar-refractivity contribution in [3.8, 4) is 0 Å². The van der Waals surface area contributed by atoms with Gasteiger partial charge in [-0.25, -0.2) is 4.79 Å². The SMILES string of the molecule is COC(=O)C1CC(C)C=CC1NC(=O)O. The summed E-state index contributed by atoms with van der Waals surface area (Å²) in [5.74, 6) is -0.531. The molecular formula is C10H15NO4. The molecule has 0 aromatic rings. The molecule has 0 aromatic heterocycles. The quantitative estimate of drug-likeness (QED) is 0.530. The van der Waals surface area contributed by atoms with Gasteiger partial charge in [0.05, 0.1) is 19.1 Å². The molecule has 5 heteroatoms. The van der Waals surface area contributed by atoms with E-state index in [1.54, 1.807) is 6.08 Å². The van der Waals surface area contributed by atoms with Crippen LogP contribution in [-0.4, -0.2) is 30.3 Å². The minimum absolute atomic E-state index is 0.265. The molecule has 3 unspecified atom stereocenters. The Hall–Kier alpha value is -1.52. The van der Waals surface area contributed by atoms with Crippen molar-refractivity contribution in [2.45, 2.75) is 19.4 Å². The van der Waals surface area contributed by atoms with Crippen LogP contribution >= 0.6 is 0 Å². The van der Waals surface area contributed by atoms with Crippen LogP contribution in [-0.2, 0) is 9.53 Å². The van der Waals surface area contributed by atoms with Gasteiger partial charge >= 0.3 is 12.1 Å². The Morgan fingerprint density at radius 2 is 2.13 bits per heavy atom. The molecule has 1 aliphatic rings. The molecule has 0 fully saturated rings. The average Bonchev–Trinajstić information content (AvgIpc) is 2.19. The molecule has 0 spiro atoms. The maximum atomic E-state index is 11.4. The van der Waals surface area contributed by atoms with Gasteiger partial charge in [0.2, 0.25) is 0 Å². The average molecular weight is 213 g/mol. The second kappa shape index (κ2) is 4.82. The highest BCUT2D eigenvalue weighted by Crippen LogP contribution is 2.24. The first-order valence-electron chi connectivity index (χ1n) is 4.80. The summed E-state index contributed by atoms with van der Waals surface area (Å²) in [6, 6.07) is -0.480. The molecule has 0 radical (unpaired) electrons. The van der Waals surface area contributed by atoms with E-state index < -0.39 is 18.1 Å². The van der Waals surface area contributed by atoms with Crippen LogP contribution in [0.5, 0.6) is 0 Å². The van der Waals surface area contributed by atoms with E-state index in [2.05, 4.69) is 10.1 Å². The van der Waals surface area contributed by atoms with Crippen molar-refractivity contribution in [1.29, 1.82) is 0 Å². The molecule has 5 nitrogen and oxygen atoms in total. The van der Waals surface area contributed by atoms with E-state index in [4.69, 9.17) is 5.11 Å². The summed E-state index contributed by atoms with van der Waals surface area (Å²) in [5, 5.41) is 10.9. The van der Waals surface area contributed by atoms with Gasteiger partial charge in [-0.1, -0.05) is 19.1 Å². The Balaban J connectivity index is 2.75. The number of esters is 1. The Morgan fingerprint density at radius 1 is 1.47 bits per heavy atom. The highest BCUT2D eigenvalue weighted by Gasteiger charge is 2.32. The van der Waals surface area contributed by atoms with Crippen molar-refractivity contribution in [3.63, 3.8) is 0 Å². The summed E-state index contributed by atoms with van der Waals surface area (Å²) < 4.78 is 4.64. The molecule has 0 aliphatic heterocycles. The number of nitrogens with one attached hydrogen (secondary N) is 1. The molecule has 0 aromatic carbocycles. The normalized spacial score (nSPS) is 29.6. The fraction of sp³-hybridized carbons (Fsp3) is 0.600. The van der Waals surface area contributed by atoms with E-state index in [1.807, 2.05) is 13.0 Å². The maximum Gasteiger partial charge on any atom is 0.405 e. The number of methoxy groups -OCH3 is 1. The van der Waals surface area contributed by atoms with Gasteiger partial charge in [0.1, 0.15) is 0 Å². The maximum absolute atomic E-state index is 11.4. The molecular weight excluding hydrogens is 198 g/mol. The first-order valence-corrected chi connectivity index (χ1v) is 4.80. The second-order valence-corrected chi connectivity index (χ2v) is 3.70. The second-order valence-electron chi connectivity index (χ2n) is 3.70. The molecule has 15 heavy (non-hydrogen) atoms.